The summed E-state index contributed by atoms with van der Waals surface area (Å²) in [5.41, 5.74) is 5.00. The number of piperazine rings is 1. The minimum Gasteiger partial charge on any atom is -0.493 e. The molecular formula is C27H32N6O3. The maximum absolute atomic E-state index is 5.62. The molecule has 0 aliphatic carbocycles. The highest BCUT2D eigenvalue weighted by Crippen LogP contribution is 2.35. The smallest absolute Gasteiger partial charge is 0.173 e. The largest absolute Gasteiger partial charge is 0.493 e. The van der Waals surface area contributed by atoms with E-state index in [4.69, 9.17) is 13.9 Å². The van der Waals surface area contributed by atoms with Gasteiger partial charge in [-0.25, -0.2) is 4.68 Å². The summed E-state index contributed by atoms with van der Waals surface area (Å²) in [6.07, 6.45) is 1.66. The summed E-state index contributed by atoms with van der Waals surface area (Å²) in [7, 11) is 3.30. The van der Waals surface area contributed by atoms with E-state index in [2.05, 4.69) is 63.4 Å². The van der Waals surface area contributed by atoms with Crippen LogP contribution >= 0.6 is 0 Å². The molecule has 9 heteroatoms. The van der Waals surface area contributed by atoms with Gasteiger partial charge in [-0.2, -0.15) is 0 Å². The molecule has 1 aliphatic heterocycles. The molecule has 3 heterocycles. The fourth-order valence-electron chi connectivity index (χ4n) is 4.92. The van der Waals surface area contributed by atoms with Crippen LogP contribution in [0.4, 0.5) is 5.69 Å². The highest BCUT2D eigenvalue weighted by molar-refractivity contribution is 5.56. The molecule has 4 aromatic rings. The molecule has 36 heavy (non-hydrogen) atoms. The molecule has 1 fully saturated rings. The van der Waals surface area contributed by atoms with Gasteiger partial charge in [-0.15, -0.1) is 5.10 Å². The first-order chi connectivity index (χ1) is 17.6. The van der Waals surface area contributed by atoms with E-state index in [0.29, 0.717) is 18.0 Å². The zero-order valence-electron chi connectivity index (χ0n) is 21.2. The lowest BCUT2D eigenvalue weighted by Crippen LogP contribution is -2.48. The van der Waals surface area contributed by atoms with E-state index in [0.717, 1.165) is 43.3 Å². The van der Waals surface area contributed by atoms with Crippen molar-refractivity contribution in [1.82, 2.24) is 25.1 Å². The minimum absolute atomic E-state index is 0.157. The average molecular weight is 489 g/mol. The van der Waals surface area contributed by atoms with Crippen LogP contribution in [-0.4, -0.2) is 65.5 Å². The number of benzene rings is 2. The number of rotatable bonds is 8. The lowest BCUT2D eigenvalue weighted by atomic mass is 10.0. The van der Waals surface area contributed by atoms with Crippen molar-refractivity contribution in [3.63, 3.8) is 0 Å². The van der Waals surface area contributed by atoms with E-state index in [1.165, 1.54) is 16.8 Å². The standard InChI is InChI=1S/C27H32N6O3/c1-19-7-5-9-23(20(19)2)31-12-14-32(15-13-31)26(21-10-11-24(34-3)25(17-21)35-4)27-28-29-30-33(27)18-22-8-6-16-36-22/h5-11,16-17,26H,12-15,18H2,1-4H3/t26-/m0/s1. The number of methoxy groups -OCH3 is 2. The van der Waals surface area contributed by atoms with Crippen molar-refractivity contribution in [2.45, 2.75) is 26.4 Å². The van der Waals surface area contributed by atoms with Gasteiger partial charge in [0, 0.05) is 31.9 Å². The predicted molar refractivity (Wildman–Crippen MR) is 137 cm³/mol. The van der Waals surface area contributed by atoms with E-state index in [-0.39, 0.29) is 6.04 Å². The predicted octanol–water partition coefficient (Wildman–Crippen LogP) is 3.86. The van der Waals surface area contributed by atoms with Crippen LogP contribution in [0.15, 0.2) is 59.2 Å². The zero-order valence-corrected chi connectivity index (χ0v) is 21.2. The molecule has 1 atom stereocenters. The summed E-state index contributed by atoms with van der Waals surface area (Å²) < 4.78 is 18.5. The molecule has 2 aromatic heterocycles. The van der Waals surface area contributed by atoms with Crippen molar-refractivity contribution in [3.8, 4) is 11.5 Å². The quantitative estimate of drug-likeness (QED) is 0.370. The molecule has 1 aliphatic rings. The van der Waals surface area contributed by atoms with Crippen molar-refractivity contribution in [2.24, 2.45) is 0 Å². The highest BCUT2D eigenvalue weighted by atomic mass is 16.5. The summed E-state index contributed by atoms with van der Waals surface area (Å²) in [6, 6.07) is 16.2. The Bertz CT molecular complexity index is 1290. The number of furan rings is 1. The van der Waals surface area contributed by atoms with E-state index in [9.17, 15) is 0 Å². The first-order valence-corrected chi connectivity index (χ1v) is 12.1. The third-order valence-electron chi connectivity index (χ3n) is 7.01. The van der Waals surface area contributed by atoms with E-state index in [1.807, 2.05) is 28.9 Å². The number of nitrogens with zero attached hydrogens (tertiary/aromatic N) is 6. The highest BCUT2D eigenvalue weighted by Gasteiger charge is 2.32. The van der Waals surface area contributed by atoms with Gasteiger partial charge in [-0.1, -0.05) is 18.2 Å². The van der Waals surface area contributed by atoms with Gasteiger partial charge in [0.15, 0.2) is 17.3 Å². The molecule has 188 valence electrons. The van der Waals surface area contributed by atoms with Crippen molar-refractivity contribution < 1.29 is 13.9 Å². The van der Waals surface area contributed by atoms with Crippen molar-refractivity contribution in [1.29, 1.82) is 0 Å². The number of tetrazole rings is 1. The third-order valence-corrected chi connectivity index (χ3v) is 7.01. The van der Waals surface area contributed by atoms with Crippen molar-refractivity contribution in [2.75, 3.05) is 45.3 Å². The SMILES string of the molecule is COc1ccc([C@@H](c2nnnn2Cc2ccco2)N2CCN(c3cccc(C)c3C)CC2)cc1OC. The molecule has 1 saturated heterocycles. The molecular weight excluding hydrogens is 456 g/mol. The summed E-state index contributed by atoms with van der Waals surface area (Å²) in [5, 5.41) is 12.8. The molecule has 0 amide bonds. The normalized spacial score (nSPS) is 15.2. The van der Waals surface area contributed by atoms with E-state index in [1.54, 1.807) is 20.5 Å². The number of anilines is 1. The molecule has 5 rings (SSSR count). The second-order valence-corrected chi connectivity index (χ2v) is 9.03. The number of aryl methyl sites for hydroxylation is 1. The van der Waals surface area contributed by atoms with Crippen LogP contribution in [0.5, 0.6) is 11.5 Å². The summed E-state index contributed by atoms with van der Waals surface area (Å²) in [6.45, 7) is 8.37. The van der Waals surface area contributed by atoms with Crippen LogP contribution in [0, 0.1) is 13.8 Å². The van der Waals surface area contributed by atoms with Gasteiger partial charge in [0.05, 0.1) is 26.5 Å². The van der Waals surface area contributed by atoms with Crippen molar-refractivity contribution in [3.05, 3.63) is 83.1 Å². The Hall–Kier alpha value is -3.85. The molecule has 0 radical (unpaired) electrons. The van der Waals surface area contributed by atoms with Crippen LogP contribution < -0.4 is 14.4 Å². The molecule has 2 aromatic carbocycles. The Morgan fingerprint density at radius 1 is 0.944 bits per heavy atom. The number of hydrogen-bond acceptors (Lipinski definition) is 8. The van der Waals surface area contributed by atoms with Gasteiger partial charge in [0.25, 0.3) is 0 Å². The zero-order chi connectivity index (χ0) is 25.1. The van der Waals surface area contributed by atoms with Gasteiger partial charge in [0.2, 0.25) is 0 Å². The Morgan fingerprint density at radius 2 is 1.75 bits per heavy atom. The first-order valence-electron chi connectivity index (χ1n) is 12.1. The third kappa shape index (κ3) is 4.66. The summed E-state index contributed by atoms with van der Waals surface area (Å²) in [4.78, 5) is 4.91. The molecule has 0 N–H and O–H groups in total. The van der Waals surface area contributed by atoms with Gasteiger partial charge in [-0.3, -0.25) is 4.90 Å². The molecule has 9 nitrogen and oxygen atoms in total. The Labute approximate surface area is 211 Å². The van der Waals surface area contributed by atoms with Crippen LogP contribution in [0.2, 0.25) is 0 Å². The Balaban J connectivity index is 1.47. The van der Waals surface area contributed by atoms with Gasteiger partial charge >= 0.3 is 0 Å². The van der Waals surface area contributed by atoms with Gasteiger partial charge in [0.1, 0.15) is 12.3 Å². The number of ether oxygens (including phenoxy) is 2. The monoisotopic (exact) mass is 488 g/mol. The lowest BCUT2D eigenvalue weighted by Gasteiger charge is -2.40. The number of hydrogen-bond donors (Lipinski definition) is 0. The molecule has 0 bridgehead atoms. The Kier molecular flexibility index (Phi) is 6.90. The second-order valence-electron chi connectivity index (χ2n) is 9.03. The maximum atomic E-state index is 5.62. The van der Waals surface area contributed by atoms with Crippen LogP contribution in [0.1, 0.15) is 34.3 Å². The van der Waals surface area contributed by atoms with Crippen LogP contribution in [-0.2, 0) is 6.54 Å². The Morgan fingerprint density at radius 3 is 2.47 bits per heavy atom. The second kappa shape index (κ2) is 10.4. The van der Waals surface area contributed by atoms with Gasteiger partial charge < -0.3 is 18.8 Å². The first kappa shape index (κ1) is 23.9. The maximum Gasteiger partial charge on any atom is 0.173 e. The van der Waals surface area contributed by atoms with E-state index < -0.39 is 0 Å². The fourth-order valence-corrected chi connectivity index (χ4v) is 4.92. The summed E-state index contributed by atoms with van der Waals surface area (Å²) in [5.74, 6) is 2.93. The lowest BCUT2D eigenvalue weighted by molar-refractivity contribution is 0.200. The van der Waals surface area contributed by atoms with E-state index >= 15 is 0 Å². The average Bonchev–Trinajstić information content (AvgIpc) is 3.59. The van der Waals surface area contributed by atoms with Crippen LogP contribution in [0.3, 0.4) is 0 Å². The van der Waals surface area contributed by atoms with Gasteiger partial charge in [-0.05, 0) is 71.3 Å². The van der Waals surface area contributed by atoms with Crippen molar-refractivity contribution >= 4 is 5.69 Å². The molecule has 0 spiro atoms. The summed E-state index contributed by atoms with van der Waals surface area (Å²) >= 11 is 0. The van der Waals surface area contributed by atoms with Crippen LogP contribution in [0.25, 0.3) is 0 Å². The number of aromatic nitrogens is 4. The molecule has 0 unspecified atom stereocenters. The fraction of sp³-hybridized carbons (Fsp3) is 0.370. The topological polar surface area (TPSA) is 81.7 Å². The minimum atomic E-state index is -0.157. The molecule has 0 saturated carbocycles.